The van der Waals surface area contributed by atoms with E-state index in [1.165, 1.54) is 0 Å². The van der Waals surface area contributed by atoms with Gasteiger partial charge in [-0.3, -0.25) is 9.59 Å². The van der Waals surface area contributed by atoms with Gasteiger partial charge in [-0.1, -0.05) is 41.5 Å². The van der Waals surface area contributed by atoms with E-state index in [1.54, 1.807) is 0 Å². The molecule has 0 aliphatic rings. The van der Waals surface area contributed by atoms with Crippen LogP contribution in [0, 0.1) is 17.8 Å². The van der Waals surface area contributed by atoms with Crippen LogP contribution < -0.4 is 5.32 Å². The molecule has 0 aromatic rings. The predicted molar refractivity (Wildman–Crippen MR) is 81.6 cm³/mol. The summed E-state index contributed by atoms with van der Waals surface area (Å²) >= 11 is 0. The van der Waals surface area contributed by atoms with Crippen LogP contribution in [0.2, 0.25) is 0 Å². The fraction of sp³-hybridized carbons (Fsp3) is 0.875. The second kappa shape index (κ2) is 9.24. The van der Waals surface area contributed by atoms with Crippen LogP contribution in [0.1, 0.15) is 54.4 Å². The highest BCUT2D eigenvalue weighted by Gasteiger charge is 2.28. The molecular formula is C16H31NO3. The summed E-state index contributed by atoms with van der Waals surface area (Å²) in [6.45, 7) is 11.5. The molecule has 4 heteroatoms. The Morgan fingerprint density at radius 2 is 1.60 bits per heavy atom. The lowest BCUT2D eigenvalue weighted by Crippen LogP contribution is -2.44. The van der Waals surface area contributed by atoms with Crippen LogP contribution >= 0.6 is 0 Å². The molecule has 2 N–H and O–H groups in total. The fourth-order valence-electron chi connectivity index (χ4n) is 2.38. The highest BCUT2D eigenvalue weighted by molar-refractivity contribution is 5.91. The Hall–Kier alpha value is -0.740. The van der Waals surface area contributed by atoms with Gasteiger partial charge >= 0.3 is 0 Å². The Kier molecular flexibility index (Phi) is 8.90. The third-order valence-electron chi connectivity index (χ3n) is 3.28. The molecular weight excluding hydrogens is 254 g/mol. The first-order valence-corrected chi connectivity index (χ1v) is 7.62. The van der Waals surface area contributed by atoms with Gasteiger partial charge in [0.2, 0.25) is 0 Å². The Morgan fingerprint density at radius 1 is 1.05 bits per heavy atom. The topological polar surface area (TPSA) is 66.4 Å². The highest BCUT2D eigenvalue weighted by Crippen LogP contribution is 2.21. The number of hydrogen-bond donors (Lipinski definition) is 2. The molecule has 118 valence electrons. The van der Waals surface area contributed by atoms with Gasteiger partial charge in [0.25, 0.3) is 0 Å². The van der Waals surface area contributed by atoms with E-state index in [4.69, 9.17) is 0 Å². The molecule has 4 nitrogen and oxygen atoms in total. The average molecular weight is 285 g/mol. The molecule has 0 aliphatic heterocycles. The van der Waals surface area contributed by atoms with Crippen LogP contribution in [-0.2, 0) is 9.59 Å². The molecule has 0 rings (SSSR count). The molecule has 0 unspecified atom stereocenters. The first-order chi connectivity index (χ1) is 9.18. The largest absolute Gasteiger partial charge is 0.394 e. The lowest BCUT2D eigenvalue weighted by molar-refractivity contribution is -0.131. The number of carbonyl (C=O) groups excluding carboxylic acids is 2. The lowest BCUT2D eigenvalue weighted by Gasteiger charge is -2.23. The SMILES string of the molecule is CC(C)C[C@H](CC(=O)[C@H](CO)NC(C)C)C(=O)C(C)C. The van der Waals surface area contributed by atoms with Gasteiger partial charge in [-0.25, -0.2) is 0 Å². The number of Topliss-reactive ketones (excluding diaryl/α,β-unsaturated/α-hetero) is 2. The molecule has 0 radical (unpaired) electrons. The second-order valence-corrected chi connectivity index (χ2v) is 6.61. The van der Waals surface area contributed by atoms with Crippen LogP contribution in [0.15, 0.2) is 0 Å². The van der Waals surface area contributed by atoms with Gasteiger partial charge in [0.05, 0.1) is 12.6 Å². The summed E-state index contributed by atoms with van der Waals surface area (Å²) in [5.41, 5.74) is 0. The number of aliphatic hydroxyl groups excluding tert-OH is 1. The molecule has 0 amide bonds. The summed E-state index contributed by atoms with van der Waals surface area (Å²) < 4.78 is 0. The predicted octanol–water partition coefficient (Wildman–Crippen LogP) is 2.19. The van der Waals surface area contributed by atoms with Crippen molar-refractivity contribution < 1.29 is 14.7 Å². The third-order valence-corrected chi connectivity index (χ3v) is 3.28. The van der Waals surface area contributed by atoms with Crippen LogP contribution in [0.4, 0.5) is 0 Å². The van der Waals surface area contributed by atoms with E-state index in [1.807, 2.05) is 27.7 Å². The summed E-state index contributed by atoms with van der Waals surface area (Å²) in [5, 5.41) is 12.4. The van der Waals surface area contributed by atoms with Gasteiger partial charge in [0, 0.05) is 24.3 Å². The zero-order valence-corrected chi connectivity index (χ0v) is 13.8. The number of aliphatic hydroxyl groups is 1. The van der Waals surface area contributed by atoms with Crippen molar-refractivity contribution in [2.45, 2.75) is 66.5 Å². The van der Waals surface area contributed by atoms with Gasteiger partial charge in [-0.2, -0.15) is 0 Å². The smallest absolute Gasteiger partial charge is 0.152 e. The van der Waals surface area contributed by atoms with Gasteiger partial charge in [-0.15, -0.1) is 0 Å². The molecule has 0 spiro atoms. The fourth-order valence-corrected chi connectivity index (χ4v) is 2.38. The summed E-state index contributed by atoms with van der Waals surface area (Å²) in [4.78, 5) is 24.5. The van der Waals surface area contributed by atoms with Crippen LogP contribution in [0.25, 0.3) is 0 Å². The number of ketones is 2. The maximum Gasteiger partial charge on any atom is 0.152 e. The third kappa shape index (κ3) is 7.15. The minimum Gasteiger partial charge on any atom is -0.394 e. The van der Waals surface area contributed by atoms with Gasteiger partial charge in [0.1, 0.15) is 5.78 Å². The first-order valence-electron chi connectivity index (χ1n) is 7.62. The van der Waals surface area contributed by atoms with E-state index in [9.17, 15) is 14.7 Å². The molecule has 0 bridgehead atoms. The standard InChI is InChI=1S/C16H31NO3/c1-10(2)7-13(16(20)11(3)4)8-15(19)14(9-18)17-12(5)6/h10-14,17-18H,7-9H2,1-6H3/t13-,14+/m1/s1. The van der Waals surface area contributed by atoms with Crippen LogP contribution in [0.5, 0.6) is 0 Å². The Morgan fingerprint density at radius 3 is 1.95 bits per heavy atom. The van der Waals surface area contributed by atoms with Crippen LogP contribution in [-0.4, -0.2) is 35.4 Å². The minimum absolute atomic E-state index is 0.0582. The molecule has 0 aliphatic carbocycles. The summed E-state index contributed by atoms with van der Waals surface area (Å²) in [6.07, 6.45) is 0.947. The number of nitrogens with one attached hydrogen (secondary N) is 1. The van der Waals surface area contributed by atoms with E-state index in [-0.39, 0.29) is 42.5 Å². The molecule has 0 saturated carbocycles. The molecule has 20 heavy (non-hydrogen) atoms. The molecule has 0 aromatic heterocycles. The molecule has 0 heterocycles. The van der Waals surface area contributed by atoms with Crippen molar-refractivity contribution in [1.82, 2.24) is 5.32 Å². The zero-order valence-electron chi connectivity index (χ0n) is 13.8. The summed E-state index contributed by atoms with van der Waals surface area (Å²) in [5.74, 6) is 0.165. The molecule has 2 atom stereocenters. The van der Waals surface area contributed by atoms with Crippen molar-refractivity contribution >= 4 is 11.6 Å². The summed E-state index contributed by atoms with van der Waals surface area (Å²) in [6, 6.07) is -0.440. The van der Waals surface area contributed by atoms with Crippen molar-refractivity contribution in [2.24, 2.45) is 17.8 Å². The van der Waals surface area contributed by atoms with E-state index in [0.29, 0.717) is 5.92 Å². The first kappa shape index (κ1) is 19.3. The monoisotopic (exact) mass is 285 g/mol. The Bertz CT molecular complexity index is 311. The zero-order chi connectivity index (χ0) is 15.9. The summed E-state index contributed by atoms with van der Waals surface area (Å²) in [7, 11) is 0. The van der Waals surface area contributed by atoms with Crippen molar-refractivity contribution in [3.63, 3.8) is 0 Å². The van der Waals surface area contributed by atoms with Gasteiger partial charge in [0.15, 0.2) is 5.78 Å². The Labute approximate surface area is 123 Å². The number of rotatable bonds is 10. The molecule has 0 saturated heterocycles. The van der Waals surface area contributed by atoms with E-state index in [0.717, 1.165) is 6.42 Å². The Balaban J connectivity index is 4.78. The minimum atomic E-state index is -0.565. The highest BCUT2D eigenvalue weighted by atomic mass is 16.3. The van der Waals surface area contributed by atoms with E-state index in [2.05, 4.69) is 19.2 Å². The van der Waals surface area contributed by atoms with Crippen molar-refractivity contribution in [1.29, 1.82) is 0 Å². The number of carbonyl (C=O) groups is 2. The lowest BCUT2D eigenvalue weighted by atomic mass is 9.83. The normalized spacial score (nSPS) is 14.9. The maximum absolute atomic E-state index is 12.3. The van der Waals surface area contributed by atoms with Crippen molar-refractivity contribution in [3.8, 4) is 0 Å². The second-order valence-electron chi connectivity index (χ2n) is 6.61. The van der Waals surface area contributed by atoms with Crippen molar-refractivity contribution in [3.05, 3.63) is 0 Å². The quantitative estimate of drug-likeness (QED) is 0.646. The maximum atomic E-state index is 12.3. The van der Waals surface area contributed by atoms with Gasteiger partial charge < -0.3 is 10.4 Å². The van der Waals surface area contributed by atoms with Gasteiger partial charge in [-0.05, 0) is 12.3 Å². The van der Waals surface area contributed by atoms with E-state index < -0.39 is 6.04 Å². The number of hydrogen-bond acceptors (Lipinski definition) is 4. The van der Waals surface area contributed by atoms with Crippen LogP contribution in [0.3, 0.4) is 0 Å². The van der Waals surface area contributed by atoms with Crippen molar-refractivity contribution in [2.75, 3.05) is 6.61 Å². The molecule has 0 aromatic carbocycles. The molecule has 0 fully saturated rings. The van der Waals surface area contributed by atoms with E-state index >= 15 is 0 Å². The average Bonchev–Trinajstić information content (AvgIpc) is 2.32.